The Balaban J connectivity index is 0.000000161. The smallest absolute Gasteiger partial charge is 0.284 e. The molecule has 138 heavy (non-hydrogen) atoms. The Hall–Kier alpha value is -16.0. The van der Waals surface area contributed by atoms with Gasteiger partial charge in [0.15, 0.2) is 0 Å². The highest BCUT2D eigenvalue weighted by Gasteiger charge is 2.26. The zero-order chi connectivity index (χ0) is 99.5. The minimum absolute atomic E-state index is 0.0391. The Morgan fingerprint density at radius 3 is 0.899 bits per heavy atom. The van der Waals surface area contributed by atoms with Crippen LogP contribution < -0.4 is 0 Å². The van der Waals surface area contributed by atoms with Crippen LogP contribution in [0.25, 0.3) is 100 Å². The van der Waals surface area contributed by atoms with Gasteiger partial charge in [0.25, 0.3) is 22.7 Å². The topological polar surface area (TPSA) is 193 Å². The van der Waals surface area contributed by atoms with Gasteiger partial charge in [-0.15, -0.1) is 0 Å². The molecule has 19 heteroatoms. The molecule has 0 aliphatic carbocycles. The quantitative estimate of drug-likeness (QED) is 0.0664. The number of para-hydroxylation sites is 1. The number of rotatable bonds is 13. The molecule has 0 spiro atoms. The predicted molar refractivity (Wildman–Crippen MR) is 563 cm³/mol. The summed E-state index contributed by atoms with van der Waals surface area (Å²) in [7, 11) is 0. The van der Waals surface area contributed by atoms with E-state index in [4.69, 9.17) is 5.11 Å². The minimum atomic E-state index is -0.800. The van der Waals surface area contributed by atoms with E-state index in [0.29, 0.717) is 33.6 Å². The monoisotopic (exact) mass is 1960 g/mol. The van der Waals surface area contributed by atoms with Crippen LogP contribution in [0.3, 0.4) is 0 Å². The van der Waals surface area contributed by atoms with E-state index in [9.17, 15) is 58.0 Å². The van der Waals surface area contributed by atoms with E-state index in [2.05, 4.69) is 201 Å². The van der Waals surface area contributed by atoms with Crippen molar-refractivity contribution in [1.82, 2.24) is 0 Å². The van der Waals surface area contributed by atoms with Crippen LogP contribution in [0.5, 0.6) is 5.75 Å². The number of nitrogens with zero attached hydrogens (tertiary/aromatic N) is 4. The Morgan fingerprint density at radius 1 is 0.210 bits per heavy atom. The van der Waals surface area contributed by atoms with Crippen molar-refractivity contribution >= 4 is 54.6 Å². The number of phenolic OH excluding ortho intramolecular Hbond substituents is 1. The molecule has 0 saturated heterocycles. The fourth-order valence-electron chi connectivity index (χ4n) is 13.8. The molecule has 0 radical (unpaired) electrons. The van der Waals surface area contributed by atoms with Crippen LogP contribution in [0.15, 0.2) is 421 Å². The van der Waals surface area contributed by atoms with Gasteiger partial charge in [-0.3, -0.25) is 40.5 Å². The summed E-state index contributed by atoms with van der Waals surface area (Å²) in [6.07, 6.45) is 0. The largest absolute Gasteiger partial charge is 0.508 e. The number of nitro benzene ring substituents is 4. The second-order valence-electron chi connectivity index (χ2n) is 32.6. The van der Waals surface area contributed by atoms with E-state index in [0.717, 1.165) is 77.2 Å². The third-order valence-corrected chi connectivity index (χ3v) is 22.9. The average molecular weight is 1970 g/mol. The summed E-state index contributed by atoms with van der Waals surface area (Å²) in [5.74, 6) is -0.414. The fourth-order valence-corrected chi connectivity index (χ4v) is 14.4. The summed E-state index contributed by atoms with van der Waals surface area (Å²) in [6, 6.07) is 127. The molecule has 13 nitrogen and oxygen atoms in total. The van der Waals surface area contributed by atoms with Crippen molar-refractivity contribution in [3.63, 3.8) is 0 Å². The number of aromatic hydroxyl groups is 1. The minimum Gasteiger partial charge on any atom is -0.508 e. The summed E-state index contributed by atoms with van der Waals surface area (Å²) in [4.78, 5) is 41.3. The molecule has 18 rings (SSSR count). The average Bonchev–Trinajstić information content (AvgIpc) is 0.785. The standard InChI is InChI=1S/C15H16.C13H10BrF.C13H11Br.3C13H11F.C13H9N3O6.C13H11NO2.C13H12O/c1-11-4-7-14(8-5-11)15-9-6-12(2)13(3)10-15;1-9-2-4-10(5-3-9)12-7-6-11(14)8-13(12)15;2*1-10-2-4-11(5-3-10)12-6-8-13(14)9-7-12;1-10-6-8-11(9-7-10)12-4-2-3-5-13(12)14;1-10-7-8-12(13(14)9-10)11-5-3-2-4-6-11;1-8-2-4-10(12(6-8)15(19)20)11-5-3-9(14(17)18)7-13(11)16(21)22;1-10-6-8-11(9-7-10)12-4-2-3-5-13(12)14(15)16;1-10-2-4-11(5-3-10)12-6-8-13(14)9-7-12/h4-10H,1-3H3;2-8H,1H3;4*2-9H,1H3;2-7H,1H3;2-9H,1H3;2-9,14H,1H3. The Labute approximate surface area is 819 Å². The van der Waals surface area contributed by atoms with E-state index in [-0.39, 0.29) is 50.7 Å². The van der Waals surface area contributed by atoms with Crippen molar-refractivity contribution in [2.75, 3.05) is 0 Å². The molecule has 0 atom stereocenters. The molecule has 18 aromatic rings. The van der Waals surface area contributed by atoms with Gasteiger partial charge in [0.2, 0.25) is 0 Å². The lowest BCUT2D eigenvalue weighted by Gasteiger charge is -2.05. The summed E-state index contributed by atoms with van der Waals surface area (Å²) in [6.45, 7) is 22.2. The SMILES string of the molecule is Cc1ccc(-c2ccc(Br)cc2)cc1.Cc1ccc(-c2ccc(Br)cc2F)cc1.Cc1ccc(-c2ccc(C)c(C)c2)cc1.Cc1ccc(-c2ccc(F)cc2)cc1.Cc1ccc(-c2ccc(O)cc2)cc1.Cc1ccc(-c2ccc([N+](=O)[O-])cc2[N+](=O)[O-])c([N+](=O)[O-])c1.Cc1ccc(-c2ccccc2)c(F)c1.Cc1ccc(-c2ccccc2F)cc1.Cc1ccc(-c2ccccc2[N+](=O)[O-])cc1. The van der Waals surface area contributed by atoms with Gasteiger partial charge < -0.3 is 5.11 Å². The predicted octanol–water partition coefficient (Wildman–Crippen LogP) is 35.0. The van der Waals surface area contributed by atoms with Crippen molar-refractivity contribution in [2.24, 2.45) is 0 Å². The second kappa shape index (κ2) is 51.5. The van der Waals surface area contributed by atoms with E-state index in [1.54, 1.807) is 73.7 Å². The fraction of sp³-hybridized carbons (Fsp3) is 0.0924. The van der Waals surface area contributed by atoms with E-state index < -0.39 is 26.1 Å². The van der Waals surface area contributed by atoms with Crippen molar-refractivity contribution in [1.29, 1.82) is 0 Å². The van der Waals surface area contributed by atoms with Crippen LogP contribution in [0, 0.1) is 140 Å². The van der Waals surface area contributed by atoms with Crippen molar-refractivity contribution < 1.29 is 42.4 Å². The van der Waals surface area contributed by atoms with Gasteiger partial charge in [-0.1, -0.05) is 380 Å². The number of aryl methyl sites for hydroxylation is 11. The molecule has 18 aromatic carbocycles. The van der Waals surface area contributed by atoms with Crippen LogP contribution in [0.1, 0.15) is 61.2 Å². The highest BCUT2D eigenvalue weighted by molar-refractivity contribution is 9.10. The molecular weight excluding hydrogens is 1870 g/mol. The summed E-state index contributed by atoms with van der Waals surface area (Å²) < 4.78 is 55.1. The third kappa shape index (κ3) is 31.9. The van der Waals surface area contributed by atoms with Gasteiger partial charge >= 0.3 is 0 Å². The lowest BCUT2D eigenvalue weighted by atomic mass is 10.00. The summed E-state index contributed by atoms with van der Waals surface area (Å²) in [5.41, 5.74) is 27.6. The molecule has 0 fully saturated rings. The first kappa shape index (κ1) is 104. The van der Waals surface area contributed by atoms with E-state index >= 15 is 0 Å². The maximum Gasteiger partial charge on any atom is 0.284 e. The lowest BCUT2D eigenvalue weighted by molar-refractivity contribution is -0.394. The zero-order valence-electron chi connectivity index (χ0n) is 78.0. The molecule has 694 valence electrons. The van der Waals surface area contributed by atoms with Crippen molar-refractivity contribution in [3.05, 3.63) is 546 Å². The van der Waals surface area contributed by atoms with Crippen molar-refractivity contribution in [2.45, 2.75) is 76.2 Å². The zero-order valence-corrected chi connectivity index (χ0v) is 81.2. The first-order valence-corrected chi connectivity index (χ1v) is 45.5. The van der Waals surface area contributed by atoms with Gasteiger partial charge in [-0.25, -0.2) is 17.6 Å². The first-order chi connectivity index (χ1) is 66.1. The highest BCUT2D eigenvalue weighted by atomic mass is 79.9. The molecule has 0 aliphatic heterocycles. The Bertz CT molecular complexity index is 6750. The normalized spacial score (nSPS) is 10.2. The van der Waals surface area contributed by atoms with E-state index in [1.807, 2.05) is 185 Å². The number of halogens is 6. The van der Waals surface area contributed by atoms with Gasteiger partial charge in [0.05, 0.1) is 42.4 Å². The van der Waals surface area contributed by atoms with Crippen LogP contribution in [0.2, 0.25) is 0 Å². The van der Waals surface area contributed by atoms with Gasteiger partial charge in [-0.2, -0.15) is 0 Å². The molecule has 0 aliphatic rings. The highest BCUT2D eigenvalue weighted by Crippen LogP contribution is 2.40. The number of phenols is 1. The van der Waals surface area contributed by atoms with Crippen LogP contribution in [0.4, 0.5) is 40.3 Å². The summed E-state index contributed by atoms with van der Waals surface area (Å²) >= 11 is 6.67. The van der Waals surface area contributed by atoms with Crippen LogP contribution in [-0.2, 0) is 0 Å². The number of non-ortho nitro benzene ring substituents is 1. The molecule has 0 unspecified atom stereocenters. The summed E-state index contributed by atoms with van der Waals surface area (Å²) in [5, 5.41) is 53.0. The Morgan fingerprint density at radius 2 is 0.500 bits per heavy atom. The van der Waals surface area contributed by atoms with Gasteiger partial charge in [0.1, 0.15) is 29.0 Å². The maximum atomic E-state index is 13.6. The number of nitro groups is 4. The Kier molecular flexibility index (Phi) is 38.9. The number of benzene rings is 18. The molecular formula is C119H102Br2F4N4O9. The molecule has 0 bridgehead atoms. The first-order valence-electron chi connectivity index (χ1n) is 43.9. The van der Waals surface area contributed by atoms with Crippen LogP contribution in [-0.4, -0.2) is 24.8 Å². The molecule has 0 aromatic heterocycles. The van der Waals surface area contributed by atoms with Crippen molar-refractivity contribution in [3.8, 4) is 106 Å². The maximum absolute atomic E-state index is 13.6. The number of hydrogen-bond donors (Lipinski definition) is 1. The van der Waals surface area contributed by atoms with Gasteiger partial charge in [-0.05, 0) is 244 Å². The number of hydrogen-bond acceptors (Lipinski definition) is 9. The lowest BCUT2D eigenvalue weighted by Crippen LogP contribution is -1.98. The van der Waals surface area contributed by atoms with Crippen LogP contribution >= 0.6 is 31.9 Å². The molecule has 0 saturated carbocycles. The second-order valence-corrected chi connectivity index (χ2v) is 34.5. The molecule has 1 N–H and O–H groups in total. The molecule has 0 amide bonds. The molecule has 0 heterocycles. The van der Waals surface area contributed by atoms with Gasteiger partial charge in [0, 0.05) is 43.8 Å². The van der Waals surface area contributed by atoms with E-state index in [1.165, 1.54) is 115 Å². The third-order valence-electron chi connectivity index (χ3n) is 21.8.